The van der Waals surface area contributed by atoms with Crippen LogP contribution < -0.4 is 0 Å². The molecule has 0 radical (unpaired) electrons. The van der Waals surface area contributed by atoms with Gasteiger partial charge in [-0.15, -0.1) is 0 Å². The van der Waals surface area contributed by atoms with Crippen molar-refractivity contribution in [3.8, 4) is 0 Å². The molecule has 17 heavy (non-hydrogen) atoms. The largest absolute Gasteiger partial charge is 0.393 e. The van der Waals surface area contributed by atoms with Gasteiger partial charge in [-0.3, -0.25) is 0 Å². The van der Waals surface area contributed by atoms with Crippen molar-refractivity contribution >= 4 is 11.6 Å². The van der Waals surface area contributed by atoms with Crippen molar-refractivity contribution in [1.29, 1.82) is 0 Å². The molecular weight excluding hydrogens is 238 g/mol. The maximum absolute atomic E-state index is 10.1. The van der Waals surface area contributed by atoms with E-state index in [2.05, 4.69) is 4.90 Å². The van der Waals surface area contributed by atoms with Gasteiger partial charge in [-0.2, -0.15) is 0 Å². The van der Waals surface area contributed by atoms with Gasteiger partial charge in [0.25, 0.3) is 0 Å². The van der Waals surface area contributed by atoms with Crippen molar-refractivity contribution in [2.24, 2.45) is 0 Å². The molecule has 0 aromatic heterocycles. The van der Waals surface area contributed by atoms with Gasteiger partial charge in [0.15, 0.2) is 0 Å². The highest BCUT2D eigenvalue weighted by Crippen LogP contribution is 2.24. The van der Waals surface area contributed by atoms with Crippen molar-refractivity contribution in [3.63, 3.8) is 0 Å². The standard InChI is InChI=1S/C13H18ClNO2/c14-12-4-2-1-3-11(12)13(17)9-15-7-5-10(16)6-8-15/h1-4,10,13,16-17H,5-9H2/t13-/m1/s1. The van der Waals surface area contributed by atoms with Gasteiger partial charge in [-0.1, -0.05) is 29.8 Å². The van der Waals surface area contributed by atoms with Crippen LogP contribution in [0.5, 0.6) is 0 Å². The van der Waals surface area contributed by atoms with Crippen molar-refractivity contribution in [2.75, 3.05) is 19.6 Å². The van der Waals surface area contributed by atoms with Crippen LogP contribution in [0.2, 0.25) is 5.02 Å². The van der Waals surface area contributed by atoms with E-state index in [1.54, 1.807) is 6.07 Å². The molecule has 2 rings (SSSR count). The van der Waals surface area contributed by atoms with E-state index in [9.17, 15) is 10.2 Å². The van der Waals surface area contributed by atoms with E-state index in [0.717, 1.165) is 31.5 Å². The lowest BCUT2D eigenvalue weighted by atomic mass is 10.1. The number of hydrogen-bond donors (Lipinski definition) is 2. The molecule has 3 nitrogen and oxygen atoms in total. The lowest BCUT2D eigenvalue weighted by molar-refractivity contribution is 0.0508. The van der Waals surface area contributed by atoms with Gasteiger partial charge >= 0.3 is 0 Å². The van der Waals surface area contributed by atoms with Gasteiger partial charge in [0.1, 0.15) is 0 Å². The predicted molar refractivity (Wildman–Crippen MR) is 68.1 cm³/mol. The fraction of sp³-hybridized carbons (Fsp3) is 0.538. The average molecular weight is 256 g/mol. The molecule has 1 atom stereocenters. The van der Waals surface area contributed by atoms with Gasteiger partial charge in [0.2, 0.25) is 0 Å². The molecule has 1 saturated heterocycles. The Kier molecular flexibility index (Phi) is 4.40. The first kappa shape index (κ1) is 12.8. The Balaban J connectivity index is 1.93. The summed E-state index contributed by atoms with van der Waals surface area (Å²) in [6.45, 7) is 2.25. The monoisotopic (exact) mass is 255 g/mol. The number of benzene rings is 1. The lowest BCUT2D eigenvalue weighted by Gasteiger charge is -2.31. The Morgan fingerprint density at radius 2 is 1.94 bits per heavy atom. The highest BCUT2D eigenvalue weighted by atomic mass is 35.5. The number of aliphatic hydroxyl groups is 2. The van der Waals surface area contributed by atoms with Gasteiger partial charge in [0.05, 0.1) is 12.2 Å². The van der Waals surface area contributed by atoms with Crippen LogP contribution in [-0.2, 0) is 0 Å². The van der Waals surface area contributed by atoms with Crippen LogP contribution in [-0.4, -0.2) is 40.9 Å². The highest BCUT2D eigenvalue weighted by molar-refractivity contribution is 6.31. The molecule has 0 spiro atoms. The first-order valence-electron chi connectivity index (χ1n) is 5.99. The molecule has 2 N–H and O–H groups in total. The Morgan fingerprint density at radius 3 is 2.59 bits per heavy atom. The van der Waals surface area contributed by atoms with E-state index in [-0.39, 0.29) is 6.10 Å². The van der Waals surface area contributed by atoms with Crippen LogP contribution in [0.15, 0.2) is 24.3 Å². The molecule has 4 heteroatoms. The smallest absolute Gasteiger partial charge is 0.0931 e. The van der Waals surface area contributed by atoms with E-state index in [0.29, 0.717) is 11.6 Å². The number of nitrogens with zero attached hydrogens (tertiary/aromatic N) is 1. The number of halogens is 1. The van der Waals surface area contributed by atoms with Crippen LogP contribution >= 0.6 is 11.6 Å². The zero-order valence-electron chi connectivity index (χ0n) is 9.72. The number of aliphatic hydroxyl groups excluding tert-OH is 2. The van der Waals surface area contributed by atoms with Crippen LogP contribution in [0.1, 0.15) is 24.5 Å². The number of piperidine rings is 1. The Bertz CT molecular complexity index is 364. The molecule has 1 aliphatic rings. The van der Waals surface area contributed by atoms with Gasteiger partial charge in [0, 0.05) is 30.2 Å². The van der Waals surface area contributed by atoms with Crippen LogP contribution in [0.25, 0.3) is 0 Å². The lowest BCUT2D eigenvalue weighted by Crippen LogP contribution is -2.38. The molecule has 1 aliphatic heterocycles. The quantitative estimate of drug-likeness (QED) is 0.866. The summed E-state index contributed by atoms with van der Waals surface area (Å²) in [5.74, 6) is 0. The second-order valence-electron chi connectivity index (χ2n) is 4.57. The number of hydrogen-bond acceptors (Lipinski definition) is 3. The minimum atomic E-state index is -0.557. The van der Waals surface area contributed by atoms with Crippen molar-refractivity contribution in [2.45, 2.75) is 25.0 Å². The van der Waals surface area contributed by atoms with Crippen molar-refractivity contribution < 1.29 is 10.2 Å². The van der Waals surface area contributed by atoms with Gasteiger partial charge in [-0.05, 0) is 18.9 Å². The molecular formula is C13H18ClNO2. The maximum Gasteiger partial charge on any atom is 0.0931 e. The van der Waals surface area contributed by atoms with E-state index < -0.39 is 6.10 Å². The second kappa shape index (κ2) is 5.83. The summed E-state index contributed by atoms with van der Waals surface area (Å²) in [6, 6.07) is 7.38. The summed E-state index contributed by atoms with van der Waals surface area (Å²) in [4.78, 5) is 2.17. The summed E-state index contributed by atoms with van der Waals surface area (Å²) in [7, 11) is 0. The molecule has 0 bridgehead atoms. The third-order valence-electron chi connectivity index (χ3n) is 3.25. The summed E-state index contributed by atoms with van der Waals surface area (Å²) >= 11 is 6.04. The van der Waals surface area contributed by atoms with Crippen LogP contribution in [0.4, 0.5) is 0 Å². The summed E-state index contributed by atoms with van der Waals surface area (Å²) < 4.78 is 0. The van der Waals surface area contributed by atoms with Gasteiger partial charge in [-0.25, -0.2) is 0 Å². The predicted octanol–water partition coefficient (Wildman–Crippen LogP) is 1.83. The Hall–Kier alpha value is -0.610. The molecule has 1 aromatic carbocycles. The molecule has 1 heterocycles. The maximum atomic E-state index is 10.1. The Morgan fingerprint density at radius 1 is 1.29 bits per heavy atom. The molecule has 0 amide bonds. The summed E-state index contributed by atoms with van der Waals surface area (Å²) in [5, 5.41) is 20.2. The highest BCUT2D eigenvalue weighted by Gasteiger charge is 2.20. The normalized spacial score (nSPS) is 20.4. The SMILES string of the molecule is OC1CCN(C[C@@H](O)c2ccccc2Cl)CC1. The van der Waals surface area contributed by atoms with E-state index in [1.165, 1.54) is 0 Å². The summed E-state index contributed by atoms with van der Waals surface area (Å²) in [6.07, 6.45) is 0.840. The topological polar surface area (TPSA) is 43.7 Å². The van der Waals surface area contributed by atoms with Crippen LogP contribution in [0.3, 0.4) is 0 Å². The van der Waals surface area contributed by atoms with E-state index >= 15 is 0 Å². The number of rotatable bonds is 3. The molecule has 0 saturated carbocycles. The minimum Gasteiger partial charge on any atom is -0.393 e. The molecule has 1 aromatic rings. The number of β-amino-alcohol motifs (C(OH)–C–C–N with tert-alkyl or cyclic N) is 1. The first-order valence-corrected chi connectivity index (χ1v) is 6.37. The van der Waals surface area contributed by atoms with Crippen molar-refractivity contribution in [3.05, 3.63) is 34.9 Å². The fourth-order valence-electron chi connectivity index (χ4n) is 2.19. The minimum absolute atomic E-state index is 0.177. The second-order valence-corrected chi connectivity index (χ2v) is 4.98. The molecule has 0 aliphatic carbocycles. The van der Waals surface area contributed by atoms with Crippen molar-refractivity contribution in [1.82, 2.24) is 4.90 Å². The first-order chi connectivity index (χ1) is 8.16. The molecule has 94 valence electrons. The van der Waals surface area contributed by atoms with E-state index in [4.69, 9.17) is 11.6 Å². The zero-order chi connectivity index (χ0) is 12.3. The molecule has 1 fully saturated rings. The summed E-state index contributed by atoms with van der Waals surface area (Å²) in [5.41, 5.74) is 0.778. The molecule has 0 unspecified atom stereocenters. The fourth-order valence-corrected chi connectivity index (χ4v) is 2.45. The van der Waals surface area contributed by atoms with Gasteiger partial charge < -0.3 is 15.1 Å². The zero-order valence-corrected chi connectivity index (χ0v) is 10.5. The number of likely N-dealkylation sites (tertiary alicyclic amines) is 1. The Labute approximate surface area is 107 Å². The average Bonchev–Trinajstić information content (AvgIpc) is 2.32. The van der Waals surface area contributed by atoms with Crippen LogP contribution in [0, 0.1) is 0 Å². The van der Waals surface area contributed by atoms with E-state index in [1.807, 2.05) is 18.2 Å². The third kappa shape index (κ3) is 3.42. The third-order valence-corrected chi connectivity index (χ3v) is 3.60.